The summed E-state index contributed by atoms with van der Waals surface area (Å²) >= 11 is 0. The van der Waals surface area contributed by atoms with Crippen LogP contribution in [0.2, 0.25) is 0 Å². The molecule has 1 saturated carbocycles. The number of hydrogen-bond acceptors (Lipinski definition) is 6. The fourth-order valence-electron chi connectivity index (χ4n) is 7.60. The molecule has 0 bridgehead atoms. The highest BCUT2D eigenvalue weighted by atomic mass is 16.3. The molecule has 2 amide bonds. The topological polar surface area (TPSA) is 111 Å². The fourth-order valence-corrected chi connectivity index (χ4v) is 7.60. The van der Waals surface area contributed by atoms with Crippen LogP contribution < -0.4 is 30.6 Å². The number of carbonyl (C=O) groups is 2. The van der Waals surface area contributed by atoms with Gasteiger partial charge in [-0.25, -0.2) is 0 Å². The maximum Gasteiger partial charge on any atom is 0.221 e. The van der Waals surface area contributed by atoms with Crippen LogP contribution in [0.5, 0.6) is 0 Å². The Morgan fingerprint density at radius 2 is 0.854 bits per heavy atom. The SMILES string of the molecule is CC(=O)Nc1cc(N(C)C)c2cc3ccccc3cc2c1C1C([O-])C(c2c(NC(C)=O)cc(N(C)C)c3cc4ccccc4cc23)C1[O-]. The molecule has 0 spiro atoms. The minimum atomic E-state index is -1.34. The van der Waals surface area contributed by atoms with Crippen molar-refractivity contribution in [3.8, 4) is 0 Å². The summed E-state index contributed by atoms with van der Waals surface area (Å²) in [4.78, 5) is 29.0. The van der Waals surface area contributed by atoms with Crippen molar-refractivity contribution in [3.63, 3.8) is 0 Å². The molecular formula is C40H38N4O4-2. The number of fused-ring (bicyclic) bond motifs is 4. The highest BCUT2D eigenvalue weighted by molar-refractivity contribution is 6.11. The first-order valence-electron chi connectivity index (χ1n) is 16.1. The smallest absolute Gasteiger partial charge is 0.221 e. The van der Waals surface area contributed by atoms with Gasteiger partial charge in [-0.2, -0.15) is 0 Å². The third kappa shape index (κ3) is 5.09. The van der Waals surface area contributed by atoms with E-state index in [1.165, 1.54) is 13.8 Å². The van der Waals surface area contributed by atoms with E-state index in [1.54, 1.807) is 0 Å². The summed E-state index contributed by atoms with van der Waals surface area (Å²) in [6.45, 7) is 2.86. The Labute approximate surface area is 279 Å². The van der Waals surface area contributed by atoms with Gasteiger partial charge in [-0.05, 0) is 91.7 Å². The first-order chi connectivity index (χ1) is 22.9. The predicted octanol–water partition coefficient (Wildman–Crippen LogP) is 5.69. The van der Waals surface area contributed by atoms with Gasteiger partial charge in [0.15, 0.2) is 0 Å². The van der Waals surface area contributed by atoms with Gasteiger partial charge < -0.3 is 30.6 Å². The molecule has 0 heterocycles. The molecule has 6 aromatic rings. The minimum absolute atomic E-state index is 0.285. The molecular weight excluding hydrogens is 600 g/mol. The minimum Gasteiger partial charge on any atom is -0.851 e. The van der Waals surface area contributed by atoms with Gasteiger partial charge in [0.1, 0.15) is 0 Å². The van der Waals surface area contributed by atoms with Gasteiger partial charge in [-0.15, -0.1) is 12.2 Å². The molecule has 7 rings (SSSR count). The van der Waals surface area contributed by atoms with Gasteiger partial charge in [0.2, 0.25) is 11.8 Å². The fraction of sp³-hybridized carbons (Fsp3) is 0.250. The zero-order valence-electron chi connectivity index (χ0n) is 27.9. The number of anilines is 4. The van der Waals surface area contributed by atoms with E-state index in [9.17, 15) is 19.8 Å². The molecule has 0 saturated heterocycles. The average molecular weight is 639 g/mol. The summed E-state index contributed by atoms with van der Waals surface area (Å²) in [5.74, 6) is -2.45. The number of amides is 2. The Hall–Kier alpha value is -5.18. The summed E-state index contributed by atoms with van der Waals surface area (Å²) in [7, 11) is 7.73. The molecule has 1 aliphatic rings. The molecule has 1 aliphatic carbocycles. The monoisotopic (exact) mass is 638 g/mol. The molecule has 8 heteroatoms. The molecule has 2 N–H and O–H groups in total. The van der Waals surface area contributed by atoms with Crippen molar-refractivity contribution in [1.29, 1.82) is 0 Å². The van der Waals surface area contributed by atoms with E-state index in [0.29, 0.717) is 22.5 Å². The van der Waals surface area contributed by atoms with Gasteiger partial charge >= 0.3 is 0 Å². The summed E-state index contributed by atoms with van der Waals surface area (Å²) < 4.78 is 0. The normalized spacial score (nSPS) is 19.0. The van der Waals surface area contributed by atoms with Crippen LogP contribution in [0.1, 0.15) is 36.8 Å². The lowest BCUT2D eigenvalue weighted by Crippen LogP contribution is -2.64. The van der Waals surface area contributed by atoms with E-state index >= 15 is 0 Å². The molecule has 8 nitrogen and oxygen atoms in total. The van der Waals surface area contributed by atoms with Crippen LogP contribution >= 0.6 is 0 Å². The van der Waals surface area contributed by atoms with Crippen molar-refractivity contribution in [2.45, 2.75) is 37.9 Å². The summed E-state index contributed by atoms with van der Waals surface area (Å²) in [5, 5.41) is 42.8. The standard InChI is InChI=1S/C40H38N4O4/c1-21(45)41-31-19-33(43(3)4)27-15-23-11-7-9-13-25(23)17-29(27)35(31)37-39(47)38(40(37)48)36-30-18-26-14-10-8-12-24(26)16-28(30)34(44(5)6)20-32(36)42-22(2)46/h7-20,37-40H,1-6H3,(H,41,45)(H,42,46)/q-2. The van der Waals surface area contributed by atoms with Crippen molar-refractivity contribution in [2.75, 3.05) is 48.6 Å². The summed E-state index contributed by atoms with van der Waals surface area (Å²) in [6, 6.07) is 28.0. The van der Waals surface area contributed by atoms with Crippen LogP contribution in [0.3, 0.4) is 0 Å². The number of nitrogens with zero attached hydrogens (tertiary/aromatic N) is 2. The molecule has 6 aromatic carbocycles. The number of nitrogens with one attached hydrogen (secondary N) is 2. The second-order valence-corrected chi connectivity index (χ2v) is 13.3. The third-order valence-corrected chi connectivity index (χ3v) is 9.71. The highest BCUT2D eigenvalue weighted by Gasteiger charge is 2.42. The van der Waals surface area contributed by atoms with Crippen LogP contribution in [0.4, 0.5) is 22.7 Å². The van der Waals surface area contributed by atoms with E-state index in [2.05, 4.69) is 22.8 Å². The number of hydrogen-bond donors (Lipinski definition) is 2. The van der Waals surface area contributed by atoms with Crippen LogP contribution in [0, 0.1) is 0 Å². The molecule has 0 aliphatic heterocycles. The van der Waals surface area contributed by atoms with Crippen molar-refractivity contribution in [1.82, 2.24) is 0 Å². The van der Waals surface area contributed by atoms with E-state index in [4.69, 9.17) is 0 Å². The van der Waals surface area contributed by atoms with Crippen molar-refractivity contribution in [3.05, 3.63) is 96.1 Å². The van der Waals surface area contributed by atoms with Crippen LogP contribution in [-0.2, 0) is 9.59 Å². The van der Waals surface area contributed by atoms with Gasteiger partial charge in [-0.1, -0.05) is 48.5 Å². The number of rotatable bonds is 6. The first-order valence-corrected chi connectivity index (χ1v) is 16.1. The zero-order valence-corrected chi connectivity index (χ0v) is 27.9. The first kappa shape index (κ1) is 31.4. The van der Waals surface area contributed by atoms with Crippen molar-refractivity contribution < 1.29 is 19.8 Å². The van der Waals surface area contributed by atoms with E-state index in [0.717, 1.165) is 54.5 Å². The maximum absolute atomic E-state index is 14.7. The molecule has 244 valence electrons. The van der Waals surface area contributed by atoms with Gasteiger partial charge in [-0.3, -0.25) is 9.59 Å². The molecule has 0 aromatic heterocycles. The Morgan fingerprint density at radius 3 is 1.15 bits per heavy atom. The van der Waals surface area contributed by atoms with E-state index in [-0.39, 0.29) is 11.8 Å². The summed E-state index contributed by atoms with van der Waals surface area (Å²) in [6.07, 6.45) is -2.68. The lowest BCUT2D eigenvalue weighted by atomic mass is 9.61. The van der Waals surface area contributed by atoms with Gasteiger partial charge in [0.05, 0.1) is 0 Å². The second-order valence-electron chi connectivity index (χ2n) is 13.3. The average Bonchev–Trinajstić information content (AvgIpc) is 3.04. The van der Waals surface area contributed by atoms with E-state index in [1.807, 2.05) is 111 Å². The predicted molar refractivity (Wildman–Crippen MR) is 193 cm³/mol. The van der Waals surface area contributed by atoms with Crippen LogP contribution in [-0.4, -0.2) is 52.2 Å². The van der Waals surface area contributed by atoms with Gasteiger partial charge in [0, 0.05) is 75.6 Å². The zero-order chi connectivity index (χ0) is 34.0. The van der Waals surface area contributed by atoms with Crippen LogP contribution in [0.25, 0.3) is 43.1 Å². The van der Waals surface area contributed by atoms with Crippen molar-refractivity contribution in [2.24, 2.45) is 0 Å². The third-order valence-electron chi connectivity index (χ3n) is 9.71. The van der Waals surface area contributed by atoms with E-state index < -0.39 is 24.0 Å². The molecule has 1 fully saturated rings. The lowest BCUT2D eigenvalue weighted by Gasteiger charge is -2.62. The largest absolute Gasteiger partial charge is 0.851 e. The lowest BCUT2D eigenvalue weighted by molar-refractivity contribution is -0.535. The maximum atomic E-state index is 14.7. The van der Waals surface area contributed by atoms with Crippen LogP contribution in [0.15, 0.2) is 84.9 Å². The number of carbonyl (C=O) groups excluding carboxylic acids is 2. The number of benzene rings is 6. The summed E-state index contributed by atoms with van der Waals surface area (Å²) in [5.41, 5.74) is 3.81. The molecule has 0 unspecified atom stereocenters. The molecule has 48 heavy (non-hydrogen) atoms. The highest BCUT2D eigenvalue weighted by Crippen LogP contribution is 2.54. The Morgan fingerprint density at radius 1 is 0.542 bits per heavy atom. The second kappa shape index (κ2) is 11.8. The Bertz CT molecular complexity index is 2110. The van der Waals surface area contributed by atoms with Crippen molar-refractivity contribution >= 4 is 77.7 Å². The van der Waals surface area contributed by atoms with Gasteiger partial charge in [0.25, 0.3) is 0 Å². The molecule has 0 atom stereocenters. The molecule has 0 radical (unpaired) electrons. The Kier molecular flexibility index (Phi) is 7.73. The Balaban J connectivity index is 1.47. The quantitative estimate of drug-likeness (QED) is 0.227.